The highest BCUT2D eigenvalue weighted by Gasteiger charge is 2.40. The molecule has 1 aromatic heterocycles. The number of aliphatic carboxylic acids is 3. The van der Waals surface area contributed by atoms with Crippen LogP contribution in [0.3, 0.4) is 0 Å². The lowest BCUT2D eigenvalue weighted by atomic mass is 9.96. The number of carboxylic acids is 3. The molecule has 1 saturated heterocycles. The third kappa shape index (κ3) is 7.45. The Morgan fingerprint density at radius 2 is 1.86 bits per heavy atom. The van der Waals surface area contributed by atoms with E-state index in [0.29, 0.717) is 24.1 Å². The van der Waals surface area contributed by atoms with Gasteiger partial charge in [-0.1, -0.05) is 0 Å². The predicted octanol–water partition coefficient (Wildman–Crippen LogP) is 0.386. The first-order valence-corrected chi connectivity index (χ1v) is 8.30. The average Bonchev–Trinajstić information content (AvgIpc) is 2.60. The Kier molecular flexibility index (Phi) is 8.74. The quantitative estimate of drug-likeness (QED) is 0.455. The van der Waals surface area contributed by atoms with Crippen LogP contribution in [0.2, 0.25) is 0 Å². The van der Waals surface area contributed by atoms with Crippen molar-refractivity contribution in [3.05, 3.63) is 24.0 Å². The number of hydrogen-bond acceptors (Lipinski definition) is 7. The fourth-order valence-corrected chi connectivity index (χ4v) is 2.26. The molecule has 0 aliphatic carbocycles. The summed E-state index contributed by atoms with van der Waals surface area (Å²) in [6.07, 6.45) is 0.476. The van der Waals surface area contributed by atoms with Crippen molar-refractivity contribution in [1.29, 1.82) is 0 Å². The van der Waals surface area contributed by atoms with Gasteiger partial charge in [0.2, 0.25) is 0 Å². The number of nitrogens with zero attached hydrogens (tertiary/aromatic N) is 2. The second-order valence-corrected chi connectivity index (χ2v) is 6.33. The van der Waals surface area contributed by atoms with Crippen LogP contribution in [0, 0.1) is 0 Å². The smallest absolute Gasteiger partial charge is 0.336 e. The maximum absolute atomic E-state index is 12.2. The summed E-state index contributed by atoms with van der Waals surface area (Å²) in [7, 11) is 2.09. The summed E-state index contributed by atoms with van der Waals surface area (Å²) in [5.41, 5.74) is -2.29. The molecular weight excluding hydrogens is 379 g/mol. The third-order valence-corrected chi connectivity index (χ3v) is 4.10. The summed E-state index contributed by atoms with van der Waals surface area (Å²) >= 11 is 0. The van der Waals surface area contributed by atoms with E-state index >= 15 is 0 Å². The summed E-state index contributed by atoms with van der Waals surface area (Å²) in [6.45, 7) is 1.31. The Morgan fingerprint density at radius 3 is 2.18 bits per heavy atom. The van der Waals surface area contributed by atoms with Crippen molar-refractivity contribution in [3.63, 3.8) is 0 Å². The molecule has 28 heavy (non-hydrogen) atoms. The number of ether oxygens (including phenoxy) is 1. The molecule has 1 aliphatic rings. The van der Waals surface area contributed by atoms with E-state index in [4.69, 9.17) is 25.2 Å². The van der Waals surface area contributed by atoms with Crippen molar-refractivity contribution < 1.29 is 43.9 Å². The number of alkyl halides is 1. The van der Waals surface area contributed by atoms with Gasteiger partial charge in [0.1, 0.15) is 19.0 Å². The minimum atomic E-state index is -2.74. The number of halogens is 1. The lowest BCUT2D eigenvalue weighted by Crippen LogP contribution is -2.48. The Balaban J connectivity index is 0.000000284. The molecule has 0 amide bonds. The van der Waals surface area contributed by atoms with Gasteiger partial charge in [0.25, 0.3) is 0 Å². The van der Waals surface area contributed by atoms with Gasteiger partial charge in [-0.15, -0.1) is 0 Å². The summed E-state index contributed by atoms with van der Waals surface area (Å²) < 4.78 is 17.7. The number of rotatable bonds is 9. The van der Waals surface area contributed by atoms with Gasteiger partial charge in [0.15, 0.2) is 5.60 Å². The van der Waals surface area contributed by atoms with Crippen molar-refractivity contribution in [2.24, 2.45) is 0 Å². The molecule has 0 spiro atoms. The molecule has 0 radical (unpaired) electrons. The number of aliphatic hydroxyl groups is 1. The summed E-state index contributed by atoms with van der Waals surface area (Å²) in [5.74, 6) is -4.30. The zero-order chi connectivity index (χ0) is 21.3. The molecule has 156 valence electrons. The van der Waals surface area contributed by atoms with Gasteiger partial charge in [-0.25, -0.2) is 9.18 Å². The van der Waals surface area contributed by atoms with Crippen LogP contribution in [0.1, 0.15) is 25.0 Å². The Morgan fingerprint density at radius 1 is 1.25 bits per heavy atom. The fourth-order valence-electron chi connectivity index (χ4n) is 2.26. The number of aromatic nitrogens is 1. The van der Waals surface area contributed by atoms with Crippen LogP contribution in [0.25, 0.3) is 0 Å². The fraction of sp³-hybridized carbons (Fsp3) is 0.529. The molecule has 1 atom stereocenters. The minimum Gasteiger partial charge on any atom is -0.490 e. The van der Waals surface area contributed by atoms with E-state index in [1.165, 1.54) is 6.42 Å². The third-order valence-electron chi connectivity index (χ3n) is 4.10. The zero-order valence-electron chi connectivity index (χ0n) is 15.2. The SMILES string of the molecule is CN1CC[C@@H]1COc1ccc(CF)nc1.O=C(O)CC(O)(CC(=O)O)C(=O)O. The molecule has 0 aromatic carbocycles. The van der Waals surface area contributed by atoms with Crippen LogP contribution in [0.5, 0.6) is 5.75 Å². The van der Waals surface area contributed by atoms with Crippen LogP contribution >= 0.6 is 0 Å². The molecule has 0 unspecified atom stereocenters. The predicted molar refractivity (Wildman–Crippen MR) is 92.7 cm³/mol. The van der Waals surface area contributed by atoms with E-state index in [1.807, 2.05) is 0 Å². The molecule has 0 saturated carbocycles. The zero-order valence-corrected chi connectivity index (χ0v) is 15.2. The van der Waals surface area contributed by atoms with Gasteiger partial charge in [0, 0.05) is 6.04 Å². The van der Waals surface area contributed by atoms with Crippen molar-refractivity contribution in [1.82, 2.24) is 9.88 Å². The second-order valence-electron chi connectivity index (χ2n) is 6.33. The van der Waals surface area contributed by atoms with Crippen molar-refractivity contribution in [2.45, 2.75) is 37.6 Å². The van der Waals surface area contributed by atoms with Gasteiger partial charge < -0.3 is 25.2 Å². The van der Waals surface area contributed by atoms with Crippen molar-refractivity contribution in [2.75, 3.05) is 20.2 Å². The summed E-state index contributed by atoms with van der Waals surface area (Å²) in [4.78, 5) is 36.7. The first-order valence-electron chi connectivity index (χ1n) is 8.30. The molecule has 0 bridgehead atoms. The second kappa shape index (κ2) is 10.5. The van der Waals surface area contributed by atoms with E-state index in [2.05, 4.69) is 16.9 Å². The van der Waals surface area contributed by atoms with Gasteiger partial charge in [-0.2, -0.15) is 0 Å². The summed E-state index contributed by atoms with van der Waals surface area (Å²) in [5, 5.41) is 33.8. The van der Waals surface area contributed by atoms with Gasteiger partial charge in [-0.05, 0) is 32.1 Å². The number of likely N-dealkylation sites (tertiary alicyclic amines) is 1. The molecule has 1 aliphatic heterocycles. The molecule has 10 nitrogen and oxygen atoms in total. The van der Waals surface area contributed by atoms with Crippen LogP contribution in [-0.4, -0.2) is 80.1 Å². The van der Waals surface area contributed by atoms with E-state index in [0.717, 1.165) is 6.54 Å². The first-order chi connectivity index (χ1) is 13.1. The van der Waals surface area contributed by atoms with Crippen molar-refractivity contribution in [3.8, 4) is 5.75 Å². The lowest BCUT2D eigenvalue weighted by molar-refractivity contribution is -0.170. The average molecular weight is 402 g/mol. The number of carboxylic acid groups (broad SMARTS) is 3. The van der Waals surface area contributed by atoms with Gasteiger partial charge >= 0.3 is 17.9 Å². The highest BCUT2D eigenvalue weighted by atomic mass is 19.1. The Labute approximate surface area is 160 Å². The molecule has 11 heteroatoms. The molecule has 4 N–H and O–H groups in total. The molecular formula is C17H23FN2O8. The van der Waals surface area contributed by atoms with E-state index in [9.17, 15) is 18.8 Å². The Bertz CT molecular complexity index is 666. The molecule has 1 aromatic rings. The normalized spacial score (nSPS) is 16.3. The number of hydrogen-bond donors (Lipinski definition) is 4. The Hall–Kier alpha value is -2.79. The van der Waals surface area contributed by atoms with E-state index in [1.54, 1.807) is 18.3 Å². The number of pyridine rings is 1. The molecule has 2 heterocycles. The van der Waals surface area contributed by atoms with Gasteiger partial charge in [0.05, 0.1) is 24.7 Å². The lowest BCUT2D eigenvalue weighted by Gasteiger charge is -2.37. The van der Waals surface area contributed by atoms with Gasteiger partial charge in [-0.3, -0.25) is 19.5 Å². The highest BCUT2D eigenvalue weighted by molar-refractivity contribution is 5.88. The van der Waals surface area contributed by atoms with E-state index < -0.39 is 43.0 Å². The first kappa shape index (κ1) is 23.2. The summed E-state index contributed by atoms with van der Waals surface area (Å²) in [6, 6.07) is 3.94. The van der Waals surface area contributed by atoms with E-state index in [-0.39, 0.29) is 0 Å². The topological polar surface area (TPSA) is 157 Å². The van der Waals surface area contributed by atoms with Crippen LogP contribution in [0.4, 0.5) is 4.39 Å². The molecule has 1 fully saturated rings. The monoisotopic (exact) mass is 402 g/mol. The van der Waals surface area contributed by atoms with Crippen LogP contribution < -0.4 is 4.74 Å². The maximum Gasteiger partial charge on any atom is 0.336 e. The van der Waals surface area contributed by atoms with Crippen molar-refractivity contribution >= 4 is 17.9 Å². The molecule has 2 rings (SSSR count). The minimum absolute atomic E-state index is 0.447. The van der Waals surface area contributed by atoms with Crippen LogP contribution in [-0.2, 0) is 21.1 Å². The number of carbonyl (C=O) groups is 3. The highest BCUT2D eigenvalue weighted by Crippen LogP contribution is 2.17. The largest absolute Gasteiger partial charge is 0.490 e. The standard InChI is InChI=1S/C11H15FN2O.C6H8O7/c1-14-5-4-10(14)8-15-11-3-2-9(6-12)13-7-11;7-3(8)1-6(13,5(11)12)2-4(9)10/h2-3,7,10H,4-6,8H2,1H3;13H,1-2H2,(H,7,8)(H,9,10)(H,11,12)/t10-;/m1./s1. The maximum atomic E-state index is 12.2. The van der Waals surface area contributed by atoms with Crippen LogP contribution in [0.15, 0.2) is 18.3 Å². The number of likely N-dealkylation sites (N-methyl/N-ethyl adjacent to an activating group) is 1.